The summed E-state index contributed by atoms with van der Waals surface area (Å²) >= 11 is 0. The van der Waals surface area contributed by atoms with Crippen molar-refractivity contribution in [3.63, 3.8) is 0 Å². The molecule has 1 aliphatic carbocycles. The highest BCUT2D eigenvalue weighted by Crippen LogP contribution is 2.47. The Morgan fingerprint density at radius 1 is 1.20 bits per heavy atom. The van der Waals surface area contributed by atoms with Crippen molar-refractivity contribution in [2.24, 2.45) is 5.92 Å². The lowest BCUT2D eigenvalue weighted by molar-refractivity contribution is -0.122. The van der Waals surface area contributed by atoms with Crippen molar-refractivity contribution >= 4 is 16.9 Å². The van der Waals surface area contributed by atoms with Gasteiger partial charge in [-0.05, 0) is 48.6 Å². The minimum atomic E-state index is -0.240. The van der Waals surface area contributed by atoms with Gasteiger partial charge in [0.05, 0.1) is 11.0 Å². The number of benzene rings is 2. The lowest BCUT2D eigenvalue weighted by atomic mass is 10.1. The Bertz CT molecular complexity index is 854. The van der Waals surface area contributed by atoms with Crippen molar-refractivity contribution in [1.82, 2.24) is 15.3 Å². The number of imidazole rings is 1. The Balaban J connectivity index is 1.22. The van der Waals surface area contributed by atoms with Gasteiger partial charge in [0.2, 0.25) is 5.91 Å². The Morgan fingerprint density at radius 3 is 2.80 bits per heavy atom. The van der Waals surface area contributed by atoms with Crippen LogP contribution >= 0.6 is 0 Å². The number of carbonyl (C=O) groups excluding carboxylic acids is 1. The molecule has 0 saturated heterocycles. The first-order chi connectivity index (χ1) is 12.2. The van der Waals surface area contributed by atoms with Crippen molar-refractivity contribution in [2.45, 2.75) is 25.2 Å². The minimum absolute atomic E-state index is 0.0247. The van der Waals surface area contributed by atoms with Crippen LogP contribution in [0.5, 0.6) is 0 Å². The number of aromatic nitrogens is 2. The van der Waals surface area contributed by atoms with Crippen LogP contribution in [0.15, 0.2) is 48.5 Å². The summed E-state index contributed by atoms with van der Waals surface area (Å²) in [6.45, 7) is 0.641. The molecule has 2 N–H and O–H groups in total. The van der Waals surface area contributed by atoms with Crippen LogP contribution in [0.25, 0.3) is 11.0 Å². The van der Waals surface area contributed by atoms with E-state index in [1.54, 1.807) is 12.1 Å². The molecule has 5 heteroatoms. The van der Waals surface area contributed by atoms with Crippen molar-refractivity contribution in [1.29, 1.82) is 0 Å². The SMILES string of the molecule is O=C(NCCCc1nc2ccccc2[nH]1)[C@H]1C[C@@H]1c1ccc(F)cc1. The number of amides is 1. The molecule has 0 spiro atoms. The fourth-order valence-corrected chi connectivity index (χ4v) is 3.29. The van der Waals surface area contributed by atoms with E-state index in [9.17, 15) is 9.18 Å². The third-order valence-electron chi connectivity index (χ3n) is 4.75. The number of nitrogens with zero attached hydrogens (tertiary/aromatic N) is 1. The quantitative estimate of drug-likeness (QED) is 0.676. The molecule has 2 atom stereocenters. The molecule has 4 rings (SSSR count). The molecule has 0 aliphatic heterocycles. The van der Waals surface area contributed by atoms with E-state index < -0.39 is 0 Å². The molecule has 1 aliphatic rings. The summed E-state index contributed by atoms with van der Waals surface area (Å²) in [7, 11) is 0. The molecule has 4 nitrogen and oxygen atoms in total. The monoisotopic (exact) mass is 337 g/mol. The van der Waals surface area contributed by atoms with Crippen LogP contribution in [0.2, 0.25) is 0 Å². The van der Waals surface area contributed by atoms with Crippen molar-refractivity contribution in [2.75, 3.05) is 6.54 Å². The van der Waals surface area contributed by atoms with E-state index in [0.29, 0.717) is 6.54 Å². The lowest BCUT2D eigenvalue weighted by Gasteiger charge is -2.04. The maximum atomic E-state index is 13.0. The topological polar surface area (TPSA) is 57.8 Å². The third kappa shape index (κ3) is 3.55. The highest BCUT2D eigenvalue weighted by atomic mass is 19.1. The number of para-hydroxylation sites is 2. The van der Waals surface area contributed by atoms with Gasteiger partial charge in [0.15, 0.2) is 0 Å². The number of fused-ring (bicyclic) bond motifs is 1. The molecule has 0 bridgehead atoms. The average molecular weight is 337 g/mol. The van der Waals surface area contributed by atoms with Crippen LogP contribution in [0.3, 0.4) is 0 Å². The second kappa shape index (κ2) is 6.67. The Labute approximate surface area is 145 Å². The van der Waals surface area contributed by atoms with E-state index in [1.165, 1.54) is 12.1 Å². The summed E-state index contributed by atoms with van der Waals surface area (Å²) in [6, 6.07) is 14.4. The van der Waals surface area contributed by atoms with Gasteiger partial charge in [-0.25, -0.2) is 9.37 Å². The standard InChI is InChI=1S/C20H20FN3O/c21-14-9-7-13(8-10-14)15-12-16(15)20(25)22-11-3-6-19-23-17-4-1-2-5-18(17)24-19/h1-2,4-5,7-10,15-16H,3,6,11-12H2,(H,22,25)(H,23,24)/t15-,16+/m1/s1. The van der Waals surface area contributed by atoms with E-state index in [1.807, 2.05) is 24.3 Å². The number of aromatic amines is 1. The van der Waals surface area contributed by atoms with E-state index in [4.69, 9.17) is 0 Å². The molecular weight excluding hydrogens is 317 g/mol. The van der Waals surface area contributed by atoms with E-state index >= 15 is 0 Å². The fourth-order valence-electron chi connectivity index (χ4n) is 3.29. The van der Waals surface area contributed by atoms with Crippen LogP contribution in [-0.2, 0) is 11.2 Å². The van der Waals surface area contributed by atoms with Crippen LogP contribution in [0.4, 0.5) is 4.39 Å². The van der Waals surface area contributed by atoms with E-state index in [0.717, 1.165) is 41.7 Å². The van der Waals surface area contributed by atoms with Gasteiger partial charge in [0.25, 0.3) is 0 Å². The van der Waals surface area contributed by atoms with E-state index in [2.05, 4.69) is 15.3 Å². The first-order valence-electron chi connectivity index (χ1n) is 8.67. The molecule has 128 valence electrons. The molecule has 1 saturated carbocycles. The number of halogens is 1. The number of rotatable bonds is 6. The predicted molar refractivity (Wildman–Crippen MR) is 94.7 cm³/mol. The van der Waals surface area contributed by atoms with Gasteiger partial charge in [-0.2, -0.15) is 0 Å². The summed E-state index contributed by atoms with van der Waals surface area (Å²) in [6.07, 6.45) is 2.50. The smallest absolute Gasteiger partial charge is 0.223 e. The van der Waals surface area contributed by atoms with Gasteiger partial charge in [0, 0.05) is 18.9 Å². The molecular formula is C20H20FN3O. The maximum absolute atomic E-state index is 13.0. The van der Waals surface area contributed by atoms with Crippen LogP contribution in [0.1, 0.15) is 30.1 Å². The van der Waals surface area contributed by atoms with Gasteiger partial charge in [-0.1, -0.05) is 24.3 Å². The minimum Gasteiger partial charge on any atom is -0.356 e. The van der Waals surface area contributed by atoms with E-state index in [-0.39, 0.29) is 23.6 Å². The zero-order chi connectivity index (χ0) is 17.2. The second-order valence-corrected chi connectivity index (χ2v) is 6.60. The number of carbonyl (C=O) groups is 1. The molecule has 1 fully saturated rings. The zero-order valence-electron chi connectivity index (χ0n) is 13.8. The van der Waals surface area contributed by atoms with Crippen molar-refractivity contribution in [3.8, 4) is 0 Å². The summed E-state index contributed by atoms with van der Waals surface area (Å²) in [5.41, 5.74) is 3.06. The Morgan fingerprint density at radius 2 is 2.00 bits per heavy atom. The third-order valence-corrected chi connectivity index (χ3v) is 4.75. The number of H-pyrrole nitrogens is 1. The largest absolute Gasteiger partial charge is 0.356 e. The number of nitrogens with one attached hydrogen (secondary N) is 2. The molecule has 0 radical (unpaired) electrons. The zero-order valence-corrected chi connectivity index (χ0v) is 13.8. The summed E-state index contributed by atoms with van der Waals surface area (Å²) in [5.74, 6) is 1.06. The van der Waals surface area contributed by atoms with Crippen LogP contribution in [-0.4, -0.2) is 22.4 Å². The molecule has 1 aromatic heterocycles. The van der Waals surface area contributed by atoms with Gasteiger partial charge >= 0.3 is 0 Å². The van der Waals surface area contributed by atoms with Crippen molar-refractivity contribution in [3.05, 3.63) is 65.7 Å². The van der Waals surface area contributed by atoms with Gasteiger partial charge in [-0.3, -0.25) is 4.79 Å². The van der Waals surface area contributed by atoms with Gasteiger partial charge < -0.3 is 10.3 Å². The summed E-state index contributed by atoms with van der Waals surface area (Å²) in [4.78, 5) is 20.0. The summed E-state index contributed by atoms with van der Waals surface area (Å²) < 4.78 is 13.0. The molecule has 1 heterocycles. The first kappa shape index (κ1) is 15.8. The fraction of sp³-hybridized carbons (Fsp3) is 0.300. The molecule has 1 amide bonds. The molecule has 25 heavy (non-hydrogen) atoms. The number of aryl methyl sites for hydroxylation is 1. The Hall–Kier alpha value is -2.69. The lowest BCUT2D eigenvalue weighted by Crippen LogP contribution is -2.26. The first-order valence-corrected chi connectivity index (χ1v) is 8.67. The molecule has 0 unspecified atom stereocenters. The van der Waals surface area contributed by atoms with Crippen LogP contribution in [0, 0.1) is 11.7 Å². The molecule has 2 aromatic carbocycles. The van der Waals surface area contributed by atoms with Crippen molar-refractivity contribution < 1.29 is 9.18 Å². The van der Waals surface area contributed by atoms with Gasteiger partial charge in [0.1, 0.15) is 11.6 Å². The Kier molecular flexibility index (Phi) is 4.22. The highest BCUT2D eigenvalue weighted by molar-refractivity contribution is 5.82. The van der Waals surface area contributed by atoms with Gasteiger partial charge in [-0.15, -0.1) is 0 Å². The summed E-state index contributed by atoms with van der Waals surface area (Å²) in [5, 5.41) is 3.01. The maximum Gasteiger partial charge on any atom is 0.223 e. The number of hydrogen-bond acceptors (Lipinski definition) is 2. The average Bonchev–Trinajstić information content (AvgIpc) is 3.31. The predicted octanol–water partition coefficient (Wildman–Crippen LogP) is 3.55. The van der Waals surface area contributed by atoms with Crippen LogP contribution < -0.4 is 5.32 Å². The normalized spacial score (nSPS) is 19.1. The number of hydrogen-bond donors (Lipinski definition) is 2. The molecule has 3 aromatic rings. The highest BCUT2D eigenvalue weighted by Gasteiger charge is 2.43. The second-order valence-electron chi connectivity index (χ2n) is 6.60.